The molecule has 0 aliphatic carbocycles. The van der Waals surface area contributed by atoms with Crippen LogP contribution < -0.4 is 10.6 Å². The van der Waals surface area contributed by atoms with Gasteiger partial charge in [-0.15, -0.1) is 0 Å². The molecule has 2 N–H and O–H groups in total. The summed E-state index contributed by atoms with van der Waals surface area (Å²) in [5.74, 6) is -0.428. The van der Waals surface area contributed by atoms with Gasteiger partial charge in [0.15, 0.2) is 0 Å². The van der Waals surface area contributed by atoms with Gasteiger partial charge < -0.3 is 10.6 Å². The van der Waals surface area contributed by atoms with Crippen molar-refractivity contribution in [1.82, 2.24) is 25.4 Å². The smallest absolute Gasteiger partial charge is 0.243 e. The first kappa shape index (κ1) is 23.2. The van der Waals surface area contributed by atoms with E-state index in [0.717, 1.165) is 27.6 Å². The Morgan fingerprint density at radius 2 is 1.65 bits per heavy atom. The Labute approximate surface area is 199 Å². The number of nitrogens with one attached hydrogen (secondary N) is 2. The van der Waals surface area contributed by atoms with Crippen LogP contribution in [0.5, 0.6) is 0 Å². The molecule has 0 saturated carbocycles. The molecule has 0 bridgehead atoms. The van der Waals surface area contributed by atoms with Crippen LogP contribution in [0.4, 0.5) is 0 Å². The molecular weight excluding hydrogens is 426 g/mol. The Morgan fingerprint density at radius 1 is 0.912 bits per heavy atom. The molecule has 0 spiro atoms. The maximum Gasteiger partial charge on any atom is 0.243 e. The number of amides is 2. The standard InChI is InChI=1S/C27H29N5O2/c1-18(2)26(31-25(33)15-22-9-6-8-21-7-4-5-10-24(21)22)27(34)30-19(3)20-11-13-23(14-12-20)32-17-28-16-29-32/h4-14,16-19,26H,15H2,1-3H3,(H,30,34)(H,31,33)/t19?,26-/m1/s1. The molecule has 1 heterocycles. The molecule has 0 radical (unpaired) electrons. The summed E-state index contributed by atoms with van der Waals surface area (Å²) in [6.45, 7) is 5.79. The molecule has 0 aliphatic rings. The molecule has 34 heavy (non-hydrogen) atoms. The number of carbonyl (C=O) groups excluding carboxylic acids is 2. The monoisotopic (exact) mass is 455 g/mol. The van der Waals surface area contributed by atoms with Crippen molar-refractivity contribution in [2.24, 2.45) is 5.92 Å². The summed E-state index contributed by atoms with van der Waals surface area (Å²) in [6, 6.07) is 20.8. The van der Waals surface area contributed by atoms with Crippen molar-refractivity contribution in [3.05, 3.63) is 90.5 Å². The van der Waals surface area contributed by atoms with Crippen LogP contribution >= 0.6 is 0 Å². The molecule has 2 amide bonds. The van der Waals surface area contributed by atoms with Crippen molar-refractivity contribution in [3.63, 3.8) is 0 Å². The van der Waals surface area contributed by atoms with E-state index in [4.69, 9.17) is 0 Å². The van der Waals surface area contributed by atoms with Gasteiger partial charge in [-0.2, -0.15) is 5.10 Å². The average molecular weight is 456 g/mol. The van der Waals surface area contributed by atoms with Crippen LogP contribution in [-0.2, 0) is 16.0 Å². The van der Waals surface area contributed by atoms with Crippen LogP contribution in [0, 0.1) is 5.92 Å². The minimum absolute atomic E-state index is 0.0571. The third kappa shape index (κ3) is 5.31. The van der Waals surface area contributed by atoms with Gasteiger partial charge in [-0.05, 0) is 46.9 Å². The van der Waals surface area contributed by atoms with E-state index in [1.165, 1.54) is 6.33 Å². The molecule has 0 fully saturated rings. The van der Waals surface area contributed by atoms with E-state index < -0.39 is 6.04 Å². The second-order valence-corrected chi connectivity index (χ2v) is 8.77. The molecule has 1 unspecified atom stereocenters. The fourth-order valence-electron chi connectivity index (χ4n) is 4.02. The van der Waals surface area contributed by atoms with Crippen LogP contribution in [0.15, 0.2) is 79.4 Å². The Balaban J connectivity index is 1.40. The predicted octanol–water partition coefficient (Wildman–Crippen LogP) is 3.98. The lowest BCUT2D eigenvalue weighted by molar-refractivity contribution is -0.130. The summed E-state index contributed by atoms with van der Waals surface area (Å²) in [4.78, 5) is 29.9. The first-order chi connectivity index (χ1) is 16.4. The molecule has 0 saturated heterocycles. The van der Waals surface area contributed by atoms with Crippen LogP contribution in [0.3, 0.4) is 0 Å². The van der Waals surface area contributed by atoms with Gasteiger partial charge in [0, 0.05) is 0 Å². The molecule has 3 aromatic carbocycles. The van der Waals surface area contributed by atoms with E-state index in [9.17, 15) is 9.59 Å². The van der Waals surface area contributed by atoms with Gasteiger partial charge in [0.25, 0.3) is 0 Å². The predicted molar refractivity (Wildman–Crippen MR) is 132 cm³/mol. The zero-order chi connectivity index (χ0) is 24.1. The Morgan fingerprint density at radius 3 is 2.35 bits per heavy atom. The highest BCUT2D eigenvalue weighted by Crippen LogP contribution is 2.19. The topological polar surface area (TPSA) is 88.9 Å². The minimum atomic E-state index is -0.626. The summed E-state index contributed by atoms with van der Waals surface area (Å²) < 4.78 is 1.67. The van der Waals surface area contributed by atoms with Crippen LogP contribution in [0.2, 0.25) is 0 Å². The van der Waals surface area contributed by atoms with E-state index >= 15 is 0 Å². The number of rotatable bonds is 8. The summed E-state index contributed by atoms with van der Waals surface area (Å²) in [7, 11) is 0. The summed E-state index contributed by atoms with van der Waals surface area (Å²) in [6.07, 6.45) is 3.34. The van der Waals surface area contributed by atoms with Crippen molar-refractivity contribution in [1.29, 1.82) is 0 Å². The number of hydrogen-bond donors (Lipinski definition) is 2. The molecule has 7 nitrogen and oxygen atoms in total. The maximum atomic E-state index is 13.1. The van der Waals surface area contributed by atoms with Gasteiger partial charge in [0.1, 0.15) is 18.7 Å². The lowest BCUT2D eigenvalue weighted by Gasteiger charge is -2.24. The molecule has 1 aromatic heterocycles. The van der Waals surface area contributed by atoms with E-state index in [2.05, 4.69) is 20.7 Å². The quantitative estimate of drug-likeness (QED) is 0.421. The number of hydrogen-bond acceptors (Lipinski definition) is 4. The minimum Gasteiger partial charge on any atom is -0.348 e. The Bertz CT molecular complexity index is 1260. The largest absolute Gasteiger partial charge is 0.348 e. The van der Waals surface area contributed by atoms with Gasteiger partial charge in [0.2, 0.25) is 11.8 Å². The van der Waals surface area contributed by atoms with Crippen LogP contribution in [0.25, 0.3) is 16.5 Å². The molecule has 7 heteroatoms. The normalized spacial score (nSPS) is 12.9. The third-order valence-corrected chi connectivity index (χ3v) is 5.93. The zero-order valence-corrected chi connectivity index (χ0v) is 19.6. The van der Waals surface area contributed by atoms with Crippen molar-refractivity contribution in [2.45, 2.75) is 39.3 Å². The van der Waals surface area contributed by atoms with Crippen molar-refractivity contribution < 1.29 is 9.59 Å². The zero-order valence-electron chi connectivity index (χ0n) is 19.6. The van der Waals surface area contributed by atoms with Crippen LogP contribution in [0.1, 0.15) is 37.9 Å². The summed E-state index contributed by atoms with van der Waals surface area (Å²) >= 11 is 0. The summed E-state index contributed by atoms with van der Waals surface area (Å²) in [5.41, 5.74) is 2.79. The lowest BCUT2D eigenvalue weighted by atomic mass is 9.99. The highest BCUT2D eigenvalue weighted by Gasteiger charge is 2.25. The van der Waals surface area contributed by atoms with Crippen molar-refractivity contribution in [2.75, 3.05) is 0 Å². The number of aromatic nitrogens is 3. The van der Waals surface area contributed by atoms with Crippen LogP contribution in [-0.4, -0.2) is 32.6 Å². The number of carbonyl (C=O) groups is 2. The first-order valence-corrected chi connectivity index (χ1v) is 11.4. The first-order valence-electron chi connectivity index (χ1n) is 11.4. The third-order valence-electron chi connectivity index (χ3n) is 5.93. The van der Waals surface area contributed by atoms with Crippen molar-refractivity contribution >= 4 is 22.6 Å². The molecule has 4 rings (SSSR count). The van der Waals surface area contributed by atoms with Crippen molar-refractivity contribution in [3.8, 4) is 5.69 Å². The van der Waals surface area contributed by atoms with Gasteiger partial charge >= 0.3 is 0 Å². The molecule has 174 valence electrons. The second kappa shape index (κ2) is 10.3. The van der Waals surface area contributed by atoms with Gasteiger partial charge in [-0.25, -0.2) is 9.67 Å². The number of fused-ring (bicyclic) bond motifs is 1. The fraction of sp³-hybridized carbons (Fsp3) is 0.259. The Hall–Kier alpha value is -4.00. The number of nitrogens with zero attached hydrogens (tertiary/aromatic N) is 3. The molecule has 2 atom stereocenters. The summed E-state index contributed by atoms with van der Waals surface area (Å²) in [5, 5.41) is 12.3. The van der Waals surface area contributed by atoms with E-state index in [1.807, 2.05) is 87.5 Å². The second-order valence-electron chi connectivity index (χ2n) is 8.77. The van der Waals surface area contributed by atoms with Gasteiger partial charge in [0.05, 0.1) is 18.2 Å². The molecular formula is C27H29N5O2. The Kier molecular flexibility index (Phi) is 7.01. The van der Waals surface area contributed by atoms with E-state index in [1.54, 1.807) is 11.0 Å². The fourth-order valence-corrected chi connectivity index (χ4v) is 4.02. The lowest BCUT2D eigenvalue weighted by Crippen LogP contribution is -2.50. The van der Waals surface area contributed by atoms with Gasteiger partial charge in [-0.1, -0.05) is 68.4 Å². The maximum absolute atomic E-state index is 13.1. The molecule has 4 aromatic rings. The number of benzene rings is 3. The highest BCUT2D eigenvalue weighted by molar-refractivity contribution is 5.92. The average Bonchev–Trinajstić information content (AvgIpc) is 3.38. The van der Waals surface area contributed by atoms with Gasteiger partial charge in [-0.3, -0.25) is 9.59 Å². The SMILES string of the molecule is CC(NC(=O)[C@H](NC(=O)Cc1cccc2ccccc12)C(C)C)c1ccc(-n2cncn2)cc1. The van der Waals surface area contributed by atoms with E-state index in [-0.39, 0.29) is 30.2 Å². The highest BCUT2D eigenvalue weighted by atomic mass is 16.2. The van der Waals surface area contributed by atoms with E-state index in [0.29, 0.717) is 0 Å². The molecule has 0 aliphatic heterocycles.